The molecule has 0 fully saturated rings. The van der Waals surface area contributed by atoms with E-state index in [4.69, 9.17) is 0 Å². The molecule has 0 unspecified atom stereocenters. The molecule has 2 heteroatoms. The number of hydrogen-bond donors (Lipinski definition) is 0. The first kappa shape index (κ1) is 25.7. The Hall–Kier alpha value is -1.93. The van der Waals surface area contributed by atoms with Crippen LogP contribution in [0.2, 0.25) is 18.1 Å². The standard InChI is InChI=1S/C31H46NSi/c1-12-33(13-2,14-3)25-15-16-26-23(19-25)17-18-32(11)29(26)27-20-24(30(5,6)7)21-28(22(27)4)31(8,9)10/h15-21H,12-14H2,1-11H3/q+1. The lowest BCUT2D eigenvalue weighted by molar-refractivity contribution is -0.659. The van der Waals surface area contributed by atoms with Crippen LogP contribution in [0.25, 0.3) is 22.0 Å². The molecule has 0 saturated carbocycles. The third-order valence-electron chi connectivity index (χ3n) is 8.12. The molecular formula is C31H46NSi+. The summed E-state index contributed by atoms with van der Waals surface area (Å²) in [4.78, 5) is 0. The number of aryl methyl sites for hydroxylation is 1. The predicted octanol–water partition coefficient (Wildman–Crippen LogP) is 7.95. The van der Waals surface area contributed by atoms with Crippen LogP contribution in [0, 0.1) is 6.92 Å². The van der Waals surface area contributed by atoms with Crippen molar-refractivity contribution in [3.63, 3.8) is 0 Å². The van der Waals surface area contributed by atoms with Gasteiger partial charge in [0.25, 0.3) is 0 Å². The molecule has 0 bridgehead atoms. The fourth-order valence-electron chi connectivity index (χ4n) is 5.57. The lowest BCUT2D eigenvalue weighted by atomic mass is 9.76. The Bertz CT molecular complexity index is 1150. The van der Waals surface area contributed by atoms with E-state index in [9.17, 15) is 0 Å². The molecule has 3 aromatic rings. The van der Waals surface area contributed by atoms with Crippen molar-refractivity contribution in [3.05, 3.63) is 59.3 Å². The SMILES string of the molecule is CC[Si](CC)(CC)c1ccc2c(-c3cc(C(C)(C)C)cc(C(C)(C)C)c3C)[n+](C)ccc2c1. The summed E-state index contributed by atoms with van der Waals surface area (Å²) >= 11 is 0. The van der Waals surface area contributed by atoms with Crippen LogP contribution in [0.1, 0.15) is 79.0 Å². The summed E-state index contributed by atoms with van der Waals surface area (Å²) in [5.74, 6) is 0. The number of fused-ring (bicyclic) bond motifs is 1. The molecule has 1 aromatic heterocycles. The topological polar surface area (TPSA) is 3.88 Å². The molecule has 2 aromatic carbocycles. The largest absolute Gasteiger partial charge is 0.220 e. The van der Waals surface area contributed by atoms with Crippen molar-refractivity contribution in [2.75, 3.05) is 0 Å². The minimum atomic E-state index is -1.41. The summed E-state index contributed by atoms with van der Waals surface area (Å²) in [6, 6.07) is 18.6. The summed E-state index contributed by atoms with van der Waals surface area (Å²) in [7, 11) is 0.794. The van der Waals surface area contributed by atoms with E-state index in [0.29, 0.717) is 0 Å². The van der Waals surface area contributed by atoms with Gasteiger partial charge in [0.1, 0.15) is 7.05 Å². The molecule has 1 nitrogen and oxygen atoms in total. The van der Waals surface area contributed by atoms with Gasteiger partial charge in [0.15, 0.2) is 6.20 Å². The van der Waals surface area contributed by atoms with E-state index >= 15 is 0 Å². The lowest BCUT2D eigenvalue weighted by Crippen LogP contribution is -2.45. The van der Waals surface area contributed by atoms with Crippen LogP contribution in [-0.4, -0.2) is 8.07 Å². The fraction of sp³-hybridized carbons (Fsp3) is 0.516. The molecule has 3 rings (SSSR count). The van der Waals surface area contributed by atoms with Crippen LogP contribution < -0.4 is 9.75 Å². The second kappa shape index (κ2) is 9.02. The maximum atomic E-state index is 2.52. The van der Waals surface area contributed by atoms with E-state index < -0.39 is 8.07 Å². The molecule has 0 N–H and O–H groups in total. The molecule has 33 heavy (non-hydrogen) atoms. The van der Waals surface area contributed by atoms with Crippen molar-refractivity contribution in [1.29, 1.82) is 0 Å². The summed E-state index contributed by atoms with van der Waals surface area (Å²) in [6.45, 7) is 23.5. The Balaban J connectivity index is 2.37. The Labute approximate surface area is 204 Å². The van der Waals surface area contributed by atoms with E-state index in [2.05, 4.69) is 123 Å². The second-order valence-corrected chi connectivity index (χ2v) is 17.4. The fourth-order valence-corrected chi connectivity index (χ4v) is 9.20. The van der Waals surface area contributed by atoms with Crippen molar-refractivity contribution >= 4 is 24.0 Å². The molecule has 0 saturated heterocycles. The van der Waals surface area contributed by atoms with Crippen molar-refractivity contribution in [2.24, 2.45) is 7.05 Å². The monoisotopic (exact) mass is 460 g/mol. The first-order chi connectivity index (χ1) is 15.3. The van der Waals surface area contributed by atoms with Gasteiger partial charge in [-0.3, -0.25) is 0 Å². The van der Waals surface area contributed by atoms with Gasteiger partial charge >= 0.3 is 0 Å². The Morgan fingerprint density at radius 1 is 0.788 bits per heavy atom. The number of pyridine rings is 1. The van der Waals surface area contributed by atoms with Crippen LogP contribution in [0.3, 0.4) is 0 Å². The average Bonchev–Trinajstić information content (AvgIpc) is 2.74. The van der Waals surface area contributed by atoms with Gasteiger partial charge in [-0.15, -0.1) is 0 Å². The number of hydrogen-bond acceptors (Lipinski definition) is 0. The van der Waals surface area contributed by atoms with Gasteiger partial charge in [-0.05, 0) is 52.0 Å². The molecule has 1 heterocycles. The van der Waals surface area contributed by atoms with Gasteiger partial charge in [-0.1, -0.05) is 104 Å². The highest BCUT2D eigenvalue weighted by Gasteiger charge is 2.31. The zero-order valence-electron chi connectivity index (χ0n) is 23.1. The van der Waals surface area contributed by atoms with Crippen LogP contribution in [0.4, 0.5) is 0 Å². The molecule has 0 spiro atoms. The predicted molar refractivity (Wildman–Crippen MR) is 150 cm³/mol. The normalized spacial score (nSPS) is 13.1. The van der Waals surface area contributed by atoms with Gasteiger partial charge in [0, 0.05) is 6.07 Å². The maximum Gasteiger partial charge on any atom is 0.220 e. The molecular weight excluding hydrogens is 414 g/mol. The molecule has 0 atom stereocenters. The zero-order valence-corrected chi connectivity index (χ0v) is 24.1. The molecule has 0 aliphatic rings. The molecule has 0 radical (unpaired) electrons. The number of nitrogens with zero attached hydrogens (tertiary/aromatic N) is 1. The van der Waals surface area contributed by atoms with Gasteiger partial charge in [0.2, 0.25) is 5.69 Å². The van der Waals surface area contributed by atoms with Gasteiger partial charge in [0.05, 0.1) is 19.0 Å². The lowest BCUT2D eigenvalue weighted by Gasteiger charge is -2.29. The Kier molecular flexibility index (Phi) is 7.02. The zero-order chi connectivity index (χ0) is 24.8. The minimum Gasteiger partial charge on any atom is -0.200 e. The number of rotatable bonds is 5. The van der Waals surface area contributed by atoms with Crippen molar-refractivity contribution in [3.8, 4) is 11.3 Å². The van der Waals surface area contributed by atoms with Crippen molar-refractivity contribution < 1.29 is 4.57 Å². The van der Waals surface area contributed by atoms with E-state index in [0.717, 1.165) is 0 Å². The van der Waals surface area contributed by atoms with E-state index in [1.54, 1.807) is 5.19 Å². The summed E-state index contributed by atoms with van der Waals surface area (Å²) in [5.41, 5.74) is 7.19. The molecule has 0 amide bonds. The van der Waals surface area contributed by atoms with Crippen LogP contribution in [0.5, 0.6) is 0 Å². The van der Waals surface area contributed by atoms with E-state index in [-0.39, 0.29) is 10.8 Å². The van der Waals surface area contributed by atoms with Gasteiger partial charge in [-0.2, -0.15) is 0 Å². The Morgan fingerprint density at radius 2 is 1.39 bits per heavy atom. The highest BCUT2D eigenvalue weighted by molar-refractivity contribution is 6.91. The van der Waals surface area contributed by atoms with E-state index in [1.165, 1.54) is 56.9 Å². The molecule has 0 aliphatic carbocycles. The van der Waals surface area contributed by atoms with Crippen LogP contribution in [-0.2, 0) is 17.9 Å². The number of benzene rings is 2. The number of aromatic nitrogens is 1. The Morgan fingerprint density at radius 3 is 1.91 bits per heavy atom. The van der Waals surface area contributed by atoms with Crippen LogP contribution in [0.15, 0.2) is 42.6 Å². The third-order valence-corrected chi connectivity index (χ3v) is 13.7. The molecule has 178 valence electrons. The quantitative estimate of drug-likeness (QED) is 0.269. The first-order valence-electron chi connectivity index (χ1n) is 12.9. The first-order valence-corrected chi connectivity index (χ1v) is 15.5. The van der Waals surface area contributed by atoms with Crippen LogP contribution >= 0.6 is 0 Å². The highest BCUT2D eigenvalue weighted by Crippen LogP contribution is 2.38. The smallest absolute Gasteiger partial charge is 0.200 e. The van der Waals surface area contributed by atoms with Gasteiger partial charge < -0.3 is 0 Å². The highest BCUT2D eigenvalue weighted by atomic mass is 28.3. The summed E-state index contributed by atoms with van der Waals surface area (Å²) in [6.07, 6.45) is 2.26. The van der Waals surface area contributed by atoms with E-state index in [1.807, 2.05) is 0 Å². The second-order valence-electron chi connectivity index (χ2n) is 12.1. The van der Waals surface area contributed by atoms with Crippen molar-refractivity contribution in [2.45, 2.75) is 98.2 Å². The van der Waals surface area contributed by atoms with Gasteiger partial charge in [-0.25, -0.2) is 4.57 Å². The van der Waals surface area contributed by atoms with Crippen molar-refractivity contribution in [1.82, 2.24) is 0 Å². The summed E-state index contributed by atoms with van der Waals surface area (Å²) in [5, 5.41) is 4.37. The molecule has 0 aliphatic heterocycles. The third kappa shape index (κ3) is 4.69. The maximum absolute atomic E-state index is 2.52. The minimum absolute atomic E-state index is 0.102. The summed E-state index contributed by atoms with van der Waals surface area (Å²) < 4.78 is 2.33. The average molecular weight is 461 g/mol.